The molecule has 0 saturated carbocycles. The van der Waals surface area contributed by atoms with E-state index in [0.29, 0.717) is 18.8 Å². The molecule has 0 amide bonds. The lowest BCUT2D eigenvalue weighted by molar-refractivity contribution is 0.372. The second-order valence-corrected chi connectivity index (χ2v) is 4.37. The van der Waals surface area contributed by atoms with Crippen molar-refractivity contribution >= 4 is 12.4 Å². The number of hydrogen-bond donors (Lipinski definition) is 2. The van der Waals surface area contributed by atoms with Crippen LogP contribution < -0.4 is 10.1 Å². The SMILES string of the molecule is COc1cc(CNCc2ccn(CCF)n2)ccc1O.Cl. The molecule has 0 bridgehead atoms. The number of halogens is 2. The van der Waals surface area contributed by atoms with Crippen molar-refractivity contribution in [2.24, 2.45) is 0 Å². The summed E-state index contributed by atoms with van der Waals surface area (Å²) in [4.78, 5) is 0. The minimum Gasteiger partial charge on any atom is -0.504 e. The highest BCUT2D eigenvalue weighted by Gasteiger charge is 2.03. The number of hydrogen-bond acceptors (Lipinski definition) is 4. The molecule has 2 aromatic rings. The van der Waals surface area contributed by atoms with Crippen LogP contribution in [-0.2, 0) is 19.6 Å². The summed E-state index contributed by atoms with van der Waals surface area (Å²) < 4.78 is 18.8. The molecule has 1 aromatic heterocycles. The van der Waals surface area contributed by atoms with Crippen LogP contribution in [0.1, 0.15) is 11.3 Å². The third-order valence-corrected chi connectivity index (χ3v) is 2.89. The summed E-state index contributed by atoms with van der Waals surface area (Å²) in [6, 6.07) is 7.07. The first-order valence-corrected chi connectivity index (χ1v) is 6.38. The normalized spacial score (nSPS) is 10.2. The molecule has 0 aliphatic carbocycles. The van der Waals surface area contributed by atoms with Crippen LogP contribution in [0.25, 0.3) is 0 Å². The Labute approximate surface area is 129 Å². The molecule has 0 spiro atoms. The van der Waals surface area contributed by atoms with Crippen LogP contribution in [0, 0.1) is 0 Å². The topological polar surface area (TPSA) is 59.3 Å². The van der Waals surface area contributed by atoms with Crippen LogP contribution in [0.15, 0.2) is 30.5 Å². The van der Waals surface area contributed by atoms with Gasteiger partial charge in [0.15, 0.2) is 11.5 Å². The minimum absolute atomic E-state index is 0. The van der Waals surface area contributed by atoms with Gasteiger partial charge in [-0.2, -0.15) is 5.10 Å². The Morgan fingerprint density at radius 3 is 2.86 bits per heavy atom. The Balaban J connectivity index is 0.00000220. The van der Waals surface area contributed by atoms with Gasteiger partial charge in [0.05, 0.1) is 19.3 Å². The van der Waals surface area contributed by atoms with Gasteiger partial charge in [-0.05, 0) is 23.8 Å². The van der Waals surface area contributed by atoms with Crippen molar-refractivity contribution in [3.63, 3.8) is 0 Å². The zero-order valence-electron chi connectivity index (χ0n) is 11.8. The fourth-order valence-electron chi connectivity index (χ4n) is 1.88. The summed E-state index contributed by atoms with van der Waals surface area (Å²) in [6.07, 6.45) is 1.76. The van der Waals surface area contributed by atoms with Crippen molar-refractivity contribution in [1.29, 1.82) is 0 Å². The van der Waals surface area contributed by atoms with Crippen molar-refractivity contribution in [3.05, 3.63) is 41.7 Å². The Hall–Kier alpha value is -1.79. The van der Waals surface area contributed by atoms with Crippen molar-refractivity contribution in [3.8, 4) is 11.5 Å². The lowest BCUT2D eigenvalue weighted by Crippen LogP contribution is -2.13. The number of rotatable bonds is 7. The molecule has 0 fully saturated rings. The molecule has 116 valence electrons. The van der Waals surface area contributed by atoms with Gasteiger partial charge < -0.3 is 15.2 Å². The molecule has 2 rings (SSSR count). The van der Waals surface area contributed by atoms with E-state index in [2.05, 4.69) is 10.4 Å². The maximum atomic E-state index is 12.2. The highest BCUT2D eigenvalue weighted by atomic mass is 35.5. The standard InChI is InChI=1S/C14H18FN3O2.ClH/c1-20-14-8-11(2-3-13(14)19)9-16-10-12-4-6-18(17-12)7-5-15;/h2-4,6,8,16,19H,5,7,9-10H2,1H3;1H. The number of alkyl halides is 1. The van der Waals surface area contributed by atoms with Gasteiger partial charge >= 0.3 is 0 Å². The number of aromatic nitrogens is 2. The van der Waals surface area contributed by atoms with Crippen LogP contribution >= 0.6 is 12.4 Å². The lowest BCUT2D eigenvalue weighted by Gasteiger charge is -2.07. The molecule has 1 heterocycles. The number of aryl methyl sites for hydroxylation is 1. The predicted molar refractivity (Wildman–Crippen MR) is 80.7 cm³/mol. The lowest BCUT2D eigenvalue weighted by atomic mass is 10.2. The van der Waals surface area contributed by atoms with E-state index in [9.17, 15) is 9.50 Å². The van der Waals surface area contributed by atoms with Crippen LogP contribution in [0.4, 0.5) is 4.39 Å². The molecule has 0 unspecified atom stereocenters. The van der Waals surface area contributed by atoms with Crippen molar-refractivity contribution < 1.29 is 14.2 Å². The van der Waals surface area contributed by atoms with Crippen LogP contribution in [0.3, 0.4) is 0 Å². The number of ether oxygens (including phenoxy) is 1. The van der Waals surface area contributed by atoms with E-state index in [1.807, 2.05) is 12.1 Å². The average molecular weight is 316 g/mol. The number of phenols is 1. The summed E-state index contributed by atoms with van der Waals surface area (Å²) in [7, 11) is 1.52. The second-order valence-electron chi connectivity index (χ2n) is 4.37. The van der Waals surface area contributed by atoms with Crippen molar-refractivity contribution in [2.45, 2.75) is 19.6 Å². The Kier molecular flexibility index (Phi) is 6.98. The zero-order chi connectivity index (χ0) is 14.4. The molecule has 0 saturated heterocycles. The smallest absolute Gasteiger partial charge is 0.160 e. The molecular formula is C14H19ClFN3O2. The zero-order valence-corrected chi connectivity index (χ0v) is 12.6. The van der Waals surface area contributed by atoms with Gasteiger partial charge in [-0.1, -0.05) is 6.07 Å². The molecule has 0 aliphatic heterocycles. The number of nitrogens with one attached hydrogen (secondary N) is 1. The van der Waals surface area contributed by atoms with E-state index >= 15 is 0 Å². The van der Waals surface area contributed by atoms with E-state index in [1.165, 1.54) is 7.11 Å². The van der Waals surface area contributed by atoms with Gasteiger partial charge in [-0.25, -0.2) is 4.39 Å². The van der Waals surface area contributed by atoms with E-state index in [1.54, 1.807) is 23.0 Å². The van der Waals surface area contributed by atoms with Crippen LogP contribution in [0.5, 0.6) is 11.5 Å². The first-order chi connectivity index (χ1) is 9.72. The summed E-state index contributed by atoms with van der Waals surface area (Å²) in [5.41, 5.74) is 1.87. The van der Waals surface area contributed by atoms with Crippen LogP contribution in [-0.4, -0.2) is 28.7 Å². The Morgan fingerprint density at radius 2 is 2.14 bits per heavy atom. The average Bonchev–Trinajstić information content (AvgIpc) is 2.89. The van der Waals surface area contributed by atoms with Gasteiger partial charge in [0.25, 0.3) is 0 Å². The number of aromatic hydroxyl groups is 1. The predicted octanol–water partition coefficient (Wildman–Crippen LogP) is 2.28. The maximum Gasteiger partial charge on any atom is 0.160 e. The third kappa shape index (κ3) is 4.91. The molecule has 0 radical (unpaired) electrons. The summed E-state index contributed by atoms with van der Waals surface area (Å²) >= 11 is 0. The third-order valence-electron chi connectivity index (χ3n) is 2.89. The fourth-order valence-corrected chi connectivity index (χ4v) is 1.88. The van der Waals surface area contributed by atoms with Crippen molar-refractivity contribution in [2.75, 3.05) is 13.8 Å². The molecule has 0 aliphatic rings. The number of benzene rings is 1. The first-order valence-electron chi connectivity index (χ1n) is 6.38. The first kappa shape index (κ1) is 17.3. The number of phenolic OH excluding ortho intramolecular Hbond substituents is 1. The van der Waals surface area contributed by atoms with Gasteiger partial charge in [-0.15, -0.1) is 12.4 Å². The van der Waals surface area contributed by atoms with Crippen molar-refractivity contribution in [1.82, 2.24) is 15.1 Å². The molecule has 0 atom stereocenters. The Morgan fingerprint density at radius 1 is 1.33 bits per heavy atom. The Bertz CT molecular complexity index is 563. The van der Waals surface area contributed by atoms with E-state index in [-0.39, 0.29) is 24.7 Å². The second kappa shape index (κ2) is 8.49. The molecule has 7 heteroatoms. The van der Waals surface area contributed by atoms with E-state index in [4.69, 9.17) is 4.74 Å². The minimum atomic E-state index is -0.415. The van der Waals surface area contributed by atoms with E-state index in [0.717, 1.165) is 11.3 Å². The quantitative estimate of drug-likeness (QED) is 0.823. The van der Waals surface area contributed by atoms with Gasteiger partial charge in [0, 0.05) is 19.3 Å². The van der Waals surface area contributed by atoms with Gasteiger partial charge in [0.2, 0.25) is 0 Å². The highest BCUT2D eigenvalue weighted by Crippen LogP contribution is 2.26. The monoisotopic (exact) mass is 315 g/mol. The number of methoxy groups -OCH3 is 1. The highest BCUT2D eigenvalue weighted by molar-refractivity contribution is 5.85. The summed E-state index contributed by atoms with van der Waals surface area (Å²) in [6.45, 7) is 1.10. The molecule has 21 heavy (non-hydrogen) atoms. The fraction of sp³-hybridized carbons (Fsp3) is 0.357. The van der Waals surface area contributed by atoms with Gasteiger partial charge in [-0.3, -0.25) is 4.68 Å². The number of nitrogens with zero attached hydrogens (tertiary/aromatic N) is 2. The van der Waals surface area contributed by atoms with Crippen LogP contribution in [0.2, 0.25) is 0 Å². The molecule has 1 aromatic carbocycles. The maximum absolute atomic E-state index is 12.2. The van der Waals surface area contributed by atoms with E-state index < -0.39 is 6.67 Å². The summed E-state index contributed by atoms with van der Waals surface area (Å²) in [5, 5.41) is 17.0. The molecule has 2 N–H and O–H groups in total. The molecule has 5 nitrogen and oxygen atoms in total. The molecular weight excluding hydrogens is 297 g/mol. The largest absolute Gasteiger partial charge is 0.504 e. The summed E-state index contributed by atoms with van der Waals surface area (Å²) in [5.74, 6) is 0.581. The van der Waals surface area contributed by atoms with Gasteiger partial charge in [0.1, 0.15) is 6.67 Å².